The number of hydrogen-bond acceptors (Lipinski definition) is 5. The third-order valence-electron chi connectivity index (χ3n) is 4.71. The standard InChI is InChI=1S/C23H21N3O3S/c1-3-29-17-12-10-16(11-13-17)26-22(28)18-7-4-5-8-19(18)24-23(26)30-15-21(27)20-9-6-14-25(20)2/h4-14H,3,15H2,1-2H3. The van der Waals surface area contributed by atoms with E-state index in [4.69, 9.17) is 4.74 Å². The van der Waals surface area contributed by atoms with Crippen LogP contribution in [0.4, 0.5) is 0 Å². The van der Waals surface area contributed by atoms with Gasteiger partial charge in [0.05, 0.1) is 34.6 Å². The monoisotopic (exact) mass is 419 g/mol. The van der Waals surface area contributed by atoms with Gasteiger partial charge in [-0.05, 0) is 55.5 Å². The summed E-state index contributed by atoms with van der Waals surface area (Å²) in [7, 11) is 1.84. The van der Waals surface area contributed by atoms with Crippen molar-refractivity contribution in [1.82, 2.24) is 14.1 Å². The lowest BCUT2D eigenvalue weighted by atomic mass is 10.2. The van der Waals surface area contributed by atoms with Crippen LogP contribution in [0.3, 0.4) is 0 Å². The molecule has 0 aliphatic rings. The first kappa shape index (κ1) is 20.0. The van der Waals surface area contributed by atoms with Gasteiger partial charge in [-0.25, -0.2) is 4.98 Å². The summed E-state index contributed by atoms with van der Waals surface area (Å²) >= 11 is 1.26. The minimum Gasteiger partial charge on any atom is -0.494 e. The van der Waals surface area contributed by atoms with Crippen molar-refractivity contribution in [2.24, 2.45) is 7.05 Å². The second-order valence-electron chi connectivity index (χ2n) is 6.70. The molecule has 0 aliphatic heterocycles. The Morgan fingerprint density at radius 3 is 2.53 bits per heavy atom. The summed E-state index contributed by atoms with van der Waals surface area (Å²) in [6.07, 6.45) is 1.84. The number of nitrogens with zero attached hydrogens (tertiary/aromatic N) is 3. The first-order chi connectivity index (χ1) is 14.6. The Labute approximate surface area is 178 Å². The summed E-state index contributed by atoms with van der Waals surface area (Å²) < 4.78 is 8.85. The maximum atomic E-state index is 13.3. The van der Waals surface area contributed by atoms with Crippen LogP contribution in [0.25, 0.3) is 16.6 Å². The molecule has 2 heterocycles. The van der Waals surface area contributed by atoms with E-state index < -0.39 is 0 Å². The van der Waals surface area contributed by atoms with Gasteiger partial charge in [0.1, 0.15) is 5.75 Å². The number of rotatable bonds is 7. The Hall–Kier alpha value is -3.32. The van der Waals surface area contributed by atoms with Crippen LogP contribution >= 0.6 is 11.8 Å². The number of fused-ring (bicyclic) bond motifs is 1. The Morgan fingerprint density at radius 1 is 1.07 bits per heavy atom. The number of aryl methyl sites for hydroxylation is 1. The van der Waals surface area contributed by atoms with Crippen molar-refractivity contribution in [2.75, 3.05) is 12.4 Å². The highest BCUT2D eigenvalue weighted by Gasteiger charge is 2.16. The fraction of sp³-hybridized carbons (Fsp3) is 0.174. The Morgan fingerprint density at radius 2 is 1.83 bits per heavy atom. The molecular weight excluding hydrogens is 398 g/mol. The van der Waals surface area contributed by atoms with Crippen LogP contribution in [-0.4, -0.2) is 32.3 Å². The molecule has 2 aromatic heterocycles. The summed E-state index contributed by atoms with van der Waals surface area (Å²) in [6, 6.07) is 18.2. The van der Waals surface area contributed by atoms with E-state index in [-0.39, 0.29) is 17.1 Å². The molecule has 152 valence electrons. The molecule has 0 aliphatic carbocycles. The molecule has 0 unspecified atom stereocenters. The summed E-state index contributed by atoms with van der Waals surface area (Å²) in [5, 5.41) is 1.01. The summed E-state index contributed by atoms with van der Waals surface area (Å²) in [5.41, 5.74) is 1.74. The first-order valence-electron chi connectivity index (χ1n) is 9.61. The number of thioether (sulfide) groups is 1. The maximum Gasteiger partial charge on any atom is 0.266 e. The predicted molar refractivity (Wildman–Crippen MR) is 119 cm³/mol. The van der Waals surface area contributed by atoms with Crippen LogP contribution in [0.5, 0.6) is 5.75 Å². The molecule has 4 rings (SSSR count). The predicted octanol–water partition coefficient (Wildman–Crippen LogP) is 4.10. The molecule has 0 radical (unpaired) electrons. The molecule has 0 atom stereocenters. The van der Waals surface area contributed by atoms with Crippen molar-refractivity contribution < 1.29 is 9.53 Å². The molecule has 0 saturated heterocycles. The summed E-state index contributed by atoms with van der Waals surface area (Å²) in [6.45, 7) is 2.49. The van der Waals surface area contributed by atoms with Crippen LogP contribution in [0.1, 0.15) is 17.4 Å². The van der Waals surface area contributed by atoms with Crippen molar-refractivity contribution in [3.8, 4) is 11.4 Å². The lowest BCUT2D eigenvalue weighted by Gasteiger charge is -2.14. The highest BCUT2D eigenvalue weighted by molar-refractivity contribution is 7.99. The normalized spacial score (nSPS) is 11.0. The van der Waals surface area contributed by atoms with E-state index in [0.29, 0.717) is 34.0 Å². The number of Topliss-reactive ketones (excluding diaryl/α,β-unsaturated/α-hetero) is 1. The first-order valence-corrected chi connectivity index (χ1v) is 10.6. The smallest absolute Gasteiger partial charge is 0.266 e. The van der Waals surface area contributed by atoms with E-state index in [1.165, 1.54) is 11.8 Å². The highest BCUT2D eigenvalue weighted by Crippen LogP contribution is 2.23. The topological polar surface area (TPSA) is 66.1 Å². The van der Waals surface area contributed by atoms with Crippen molar-refractivity contribution >= 4 is 28.4 Å². The minimum absolute atomic E-state index is 0.0202. The molecule has 0 N–H and O–H groups in total. The van der Waals surface area contributed by atoms with Gasteiger partial charge in [-0.1, -0.05) is 23.9 Å². The number of aromatic nitrogens is 3. The van der Waals surface area contributed by atoms with Gasteiger partial charge in [0, 0.05) is 13.2 Å². The number of carbonyl (C=O) groups excluding carboxylic acids is 1. The highest BCUT2D eigenvalue weighted by atomic mass is 32.2. The van der Waals surface area contributed by atoms with Gasteiger partial charge in [-0.15, -0.1) is 0 Å². The Bertz CT molecular complexity index is 1260. The molecule has 2 aromatic carbocycles. The number of carbonyl (C=O) groups is 1. The van der Waals surface area contributed by atoms with E-state index in [9.17, 15) is 9.59 Å². The lowest BCUT2D eigenvalue weighted by Crippen LogP contribution is -2.22. The Kier molecular flexibility index (Phi) is 5.72. The van der Waals surface area contributed by atoms with Crippen LogP contribution < -0.4 is 10.3 Å². The molecule has 0 bridgehead atoms. The van der Waals surface area contributed by atoms with Gasteiger partial charge in [0.25, 0.3) is 5.56 Å². The third kappa shape index (κ3) is 3.89. The maximum absolute atomic E-state index is 13.3. The number of para-hydroxylation sites is 1. The minimum atomic E-state index is -0.168. The molecule has 4 aromatic rings. The number of ketones is 1. The fourth-order valence-electron chi connectivity index (χ4n) is 3.25. The van der Waals surface area contributed by atoms with Crippen molar-refractivity contribution in [1.29, 1.82) is 0 Å². The fourth-order valence-corrected chi connectivity index (χ4v) is 4.14. The zero-order valence-corrected chi connectivity index (χ0v) is 17.6. The third-order valence-corrected chi connectivity index (χ3v) is 5.65. The van der Waals surface area contributed by atoms with E-state index >= 15 is 0 Å². The average molecular weight is 420 g/mol. The molecule has 0 amide bonds. The van der Waals surface area contributed by atoms with Crippen LogP contribution in [0, 0.1) is 0 Å². The van der Waals surface area contributed by atoms with Crippen LogP contribution in [0.2, 0.25) is 0 Å². The van der Waals surface area contributed by atoms with Gasteiger partial charge in [0.15, 0.2) is 10.9 Å². The zero-order valence-electron chi connectivity index (χ0n) is 16.7. The van der Waals surface area contributed by atoms with Gasteiger partial charge in [0.2, 0.25) is 0 Å². The van der Waals surface area contributed by atoms with E-state index in [2.05, 4.69) is 4.98 Å². The quantitative estimate of drug-likeness (QED) is 0.256. The van der Waals surface area contributed by atoms with Gasteiger partial charge in [-0.3, -0.25) is 14.2 Å². The van der Waals surface area contributed by atoms with E-state index in [1.54, 1.807) is 21.3 Å². The number of hydrogen-bond donors (Lipinski definition) is 0. The summed E-state index contributed by atoms with van der Waals surface area (Å²) in [4.78, 5) is 30.6. The van der Waals surface area contributed by atoms with Crippen LogP contribution in [0.15, 0.2) is 76.8 Å². The molecule has 30 heavy (non-hydrogen) atoms. The molecular formula is C23H21N3O3S. The number of benzene rings is 2. The van der Waals surface area contributed by atoms with Crippen molar-refractivity contribution in [2.45, 2.75) is 12.1 Å². The molecule has 0 fully saturated rings. The molecule has 7 heteroatoms. The van der Waals surface area contributed by atoms with E-state index in [1.807, 2.05) is 68.7 Å². The largest absolute Gasteiger partial charge is 0.494 e. The van der Waals surface area contributed by atoms with Crippen LogP contribution in [-0.2, 0) is 7.05 Å². The van der Waals surface area contributed by atoms with Gasteiger partial charge < -0.3 is 9.30 Å². The van der Waals surface area contributed by atoms with Gasteiger partial charge >= 0.3 is 0 Å². The second kappa shape index (κ2) is 8.59. The summed E-state index contributed by atoms with van der Waals surface area (Å²) in [5.74, 6) is 0.893. The SMILES string of the molecule is CCOc1ccc(-n2c(SCC(=O)c3cccn3C)nc3ccccc3c2=O)cc1. The number of ether oxygens (including phenoxy) is 1. The lowest BCUT2D eigenvalue weighted by molar-refractivity contribution is 0.101. The molecule has 0 saturated carbocycles. The van der Waals surface area contributed by atoms with Crippen molar-refractivity contribution in [3.63, 3.8) is 0 Å². The molecule has 0 spiro atoms. The zero-order chi connectivity index (χ0) is 21.1. The second-order valence-corrected chi connectivity index (χ2v) is 7.64. The van der Waals surface area contributed by atoms with E-state index in [0.717, 1.165) is 5.75 Å². The van der Waals surface area contributed by atoms with Crippen molar-refractivity contribution in [3.05, 3.63) is 82.9 Å². The average Bonchev–Trinajstić information content (AvgIpc) is 3.19. The Balaban J connectivity index is 1.75. The van der Waals surface area contributed by atoms with Gasteiger partial charge in [-0.2, -0.15) is 0 Å². The molecule has 6 nitrogen and oxygen atoms in total.